The standard InChI is InChI=1S/C22H18O10.C2H6/c1-29-17-11-13(5-9-19(23)24)3-7-15(17)31-21(27)22(28)32-16-8-4-14(6-10-20(25)26)12-18(16)30-2;1-2/h3-12H,1-2H3,(H,23,24)(H,25,26);1-2H3/b9-5+,10-6+;. The Kier molecular flexibility index (Phi) is 11.1. The summed E-state index contributed by atoms with van der Waals surface area (Å²) in [5.41, 5.74) is 0.932. The number of methoxy groups -OCH3 is 2. The molecule has 180 valence electrons. The first-order valence-electron chi connectivity index (χ1n) is 9.85. The van der Waals surface area contributed by atoms with E-state index in [1.165, 1.54) is 62.8 Å². The smallest absolute Gasteiger partial charge is 0.423 e. The number of benzene rings is 2. The van der Waals surface area contributed by atoms with Gasteiger partial charge in [0, 0.05) is 12.2 Å². The largest absolute Gasteiger partial charge is 0.493 e. The summed E-state index contributed by atoms with van der Waals surface area (Å²) >= 11 is 0. The molecular weight excluding hydrogens is 448 g/mol. The molecule has 2 aromatic rings. The molecule has 0 aliphatic heterocycles. The molecule has 0 aromatic heterocycles. The first-order chi connectivity index (χ1) is 16.2. The maximum atomic E-state index is 12.2. The zero-order chi connectivity index (χ0) is 25.7. The van der Waals surface area contributed by atoms with Crippen LogP contribution in [0.2, 0.25) is 0 Å². The number of hydrogen-bond acceptors (Lipinski definition) is 8. The second-order valence-electron chi connectivity index (χ2n) is 5.94. The van der Waals surface area contributed by atoms with Gasteiger partial charge in [0.2, 0.25) is 0 Å². The molecule has 0 saturated heterocycles. The molecule has 10 heteroatoms. The molecule has 0 radical (unpaired) electrons. The van der Waals surface area contributed by atoms with Crippen LogP contribution in [0.4, 0.5) is 0 Å². The van der Waals surface area contributed by atoms with Gasteiger partial charge in [-0.2, -0.15) is 0 Å². The van der Waals surface area contributed by atoms with Crippen LogP contribution in [0.5, 0.6) is 23.0 Å². The number of carboxylic acids is 2. The molecule has 0 spiro atoms. The van der Waals surface area contributed by atoms with Gasteiger partial charge in [-0.05, 0) is 47.5 Å². The Bertz CT molecular complexity index is 1010. The Balaban J connectivity index is 0.00000281. The molecular formula is C24H24O10. The third-order valence-electron chi connectivity index (χ3n) is 3.78. The molecule has 0 atom stereocenters. The summed E-state index contributed by atoms with van der Waals surface area (Å²) in [4.78, 5) is 45.6. The van der Waals surface area contributed by atoms with Gasteiger partial charge in [-0.1, -0.05) is 26.0 Å². The maximum absolute atomic E-state index is 12.2. The Labute approximate surface area is 195 Å². The molecule has 0 saturated carbocycles. The van der Waals surface area contributed by atoms with Gasteiger partial charge in [0.05, 0.1) is 14.2 Å². The topological polar surface area (TPSA) is 146 Å². The van der Waals surface area contributed by atoms with Gasteiger partial charge in [-0.15, -0.1) is 0 Å². The van der Waals surface area contributed by atoms with Crippen molar-refractivity contribution in [2.75, 3.05) is 14.2 Å². The zero-order valence-corrected chi connectivity index (χ0v) is 18.9. The van der Waals surface area contributed by atoms with Crippen molar-refractivity contribution in [3.05, 3.63) is 59.7 Å². The Hall–Kier alpha value is -4.60. The molecule has 0 amide bonds. The minimum Gasteiger partial charge on any atom is -0.493 e. The van der Waals surface area contributed by atoms with Gasteiger partial charge < -0.3 is 29.2 Å². The molecule has 10 nitrogen and oxygen atoms in total. The fourth-order valence-corrected chi connectivity index (χ4v) is 2.36. The maximum Gasteiger partial charge on any atom is 0.423 e. The van der Waals surface area contributed by atoms with E-state index in [4.69, 9.17) is 29.2 Å². The van der Waals surface area contributed by atoms with Crippen LogP contribution in [0.25, 0.3) is 12.2 Å². The normalized spacial score (nSPS) is 10.2. The lowest BCUT2D eigenvalue weighted by Crippen LogP contribution is -2.25. The number of carbonyl (C=O) groups excluding carboxylic acids is 2. The van der Waals surface area contributed by atoms with Crippen molar-refractivity contribution in [2.24, 2.45) is 0 Å². The summed E-state index contributed by atoms with van der Waals surface area (Å²) in [6.45, 7) is 4.00. The van der Waals surface area contributed by atoms with Gasteiger partial charge >= 0.3 is 23.9 Å². The van der Waals surface area contributed by atoms with Crippen LogP contribution >= 0.6 is 0 Å². The SMILES string of the molecule is CC.COc1cc(/C=C/C(=O)O)ccc1OC(=O)C(=O)Oc1ccc(/C=C/C(=O)O)cc1OC. The predicted octanol–water partition coefficient (Wildman–Crippen LogP) is 3.44. The molecule has 2 N–H and O–H groups in total. The fraction of sp³-hybridized carbons (Fsp3) is 0.167. The third kappa shape index (κ3) is 8.50. The Morgan fingerprint density at radius 1 is 0.647 bits per heavy atom. The van der Waals surface area contributed by atoms with Crippen LogP contribution in [-0.4, -0.2) is 48.3 Å². The highest BCUT2D eigenvalue weighted by Crippen LogP contribution is 2.30. The molecule has 0 bridgehead atoms. The average Bonchev–Trinajstić information content (AvgIpc) is 2.83. The van der Waals surface area contributed by atoms with E-state index >= 15 is 0 Å². The molecule has 2 aromatic carbocycles. The fourth-order valence-electron chi connectivity index (χ4n) is 2.36. The minimum atomic E-state index is -1.34. The Morgan fingerprint density at radius 2 is 1.00 bits per heavy atom. The zero-order valence-electron chi connectivity index (χ0n) is 18.9. The van der Waals surface area contributed by atoms with Gasteiger partial charge in [0.1, 0.15) is 0 Å². The summed E-state index contributed by atoms with van der Waals surface area (Å²) in [7, 11) is 2.61. The first kappa shape index (κ1) is 27.4. The number of hydrogen-bond donors (Lipinski definition) is 2. The van der Waals surface area contributed by atoms with Crippen molar-refractivity contribution in [1.29, 1.82) is 0 Å². The number of carboxylic acid groups (broad SMARTS) is 2. The summed E-state index contributed by atoms with van der Waals surface area (Å²) in [6.07, 6.45) is 4.47. The number of carbonyl (C=O) groups is 4. The van der Waals surface area contributed by atoms with E-state index in [2.05, 4.69) is 0 Å². The van der Waals surface area contributed by atoms with Crippen LogP contribution < -0.4 is 18.9 Å². The van der Waals surface area contributed by atoms with Crippen LogP contribution in [0.1, 0.15) is 25.0 Å². The van der Waals surface area contributed by atoms with Gasteiger partial charge in [-0.25, -0.2) is 19.2 Å². The van der Waals surface area contributed by atoms with Crippen LogP contribution in [0, 0.1) is 0 Å². The second kappa shape index (κ2) is 13.7. The second-order valence-corrected chi connectivity index (χ2v) is 5.94. The molecule has 0 unspecified atom stereocenters. The average molecular weight is 472 g/mol. The summed E-state index contributed by atoms with van der Waals surface area (Å²) < 4.78 is 20.2. The van der Waals surface area contributed by atoms with Crippen LogP contribution in [-0.2, 0) is 19.2 Å². The highest BCUT2D eigenvalue weighted by atomic mass is 16.6. The third-order valence-corrected chi connectivity index (χ3v) is 3.78. The lowest BCUT2D eigenvalue weighted by atomic mass is 10.2. The number of ether oxygens (including phenoxy) is 4. The van der Waals surface area contributed by atoms with E-state index in [0.717, 1.165) is 12.2 Å². The van der Waals surface area contributed by atoms with Crippen molar-refractivity contribution in [3.63, 3.8) is 0 Å². The monoisotopic (exact) mass is 472 g/mol. The van der Waals surface area contributed by atoms with Gasteiger partial charge in [0.15, 0.2) is 23.0 Å². The summed E-state index contributed by atoms with van der Waals surface area (Å²) in [5, 5.41) is 17.4. The highest BCUT2D eigenvalue weighted by molar-refractivity contribution is 6.31. The first-order valence-corrected chi connectivity index (χ1v) is 9.85. The van der Waals surface area contributed by atoms with E-state index in [1.54, 1.807) is 0 Å². The van der Waals surface area contributed by atoms with E-state index in [1.807, 2.05) is 13.8 Å². The van der Waals surface area contributed by atoms with Crippen LogP contribution in [0.3, 0.4) is 0 Å². The summed E-state index contributed by atoms with van der Waals surface area (Å²) in [5.74, 6) is -4.93. The van der Waals surface area contributed by atoms with Crippen molar-refractivity contribution >= 4 is 36.0 Å². The van der Waals surface area contributed by atoms with Crippen LogP contribution in [0.15, 0.2) is 48.6 Å². The van der Waals surface area contributed by atoms with Crippen molar-refractivity contribution in [1.82, 2.24) is 0 Å². The van der Waals surface area contributed by atoms with Crippen molar-refractivity contribution in [3.8, 4) is 23.0 Å². The summed E-state index contributed by atoms with van der Waals surface area (Å²) in [6, 6.07) is 8.41. The van der Waals surface area contributed by atoms with Crippen molar-refractivity contribution in [2.45, 2.75) is 13.8 Å². The Morgan fingerprint density at radius 3 is 1.29 bits per heavy atom. The number of esters is 2. The molecule has 0 heterocycles. The molecule has 2 rings (SSSR count). The van der Waals surface area contributed by atoms with E-state index in [9.17, 15) is 19.2 Å². The van der Waals surface area contributed by atoms with Gasteiger partial charge in [0.25, 0.3) is 0 Å². The number of aliphatic carboxylic acids is 2. The molecule has 34 heavy (non-hydrogen) atoms. The quantitative estimate of drug-likeness (QED) is 0.253. The number of rotatable bonds is 8. The van der Waals surface area contributed by atoms with Gasteiger partial charge in [-0.3, -0.25) is 0 Å². The lowest BCUT2D eigenvalue weighted by molar-refractivity contribution is -0.156. The van der Waals surface area contributed by atoms with E-state index in [-0.39, 0.29) is 23.0 Å². The van der Waals surface area contributed by atoms with Crippen molar-refractivity contribution < 1.29 is 48.3 Å². The van der Waals surface area contributed by atoms with E-state index < -0.39 is 23.9 Å². The minimum absolute atomic E-state index is 0.0805. The molecule has 0 aliphatic carbocycles. The predicted molar refractivity (Wildman–Crippen MR) is 122 cm³/mol. The van der Waals surface area contributed by atoms with E-state index in [0.29, 0.717) is 11.1 Å². The molecule has 0 aliphatic rings. The highest BCUT2D eigenvalue weighted by Gasteiger charge is 2.23. The molecule has 0 fully saturated rings. The lowest BCUT2D eigenvalue weighted by Gasteiger charge is -2.11.